The smallest absolute Gasteiger partial charge is 0.303 e. The van der Waals surface area contributed by atoms with Crippen LogP contribution in [0, 0.1) is 0 Å². The third-order valence-corrected chi connectivity index (χ3v) is 4.05. The van der Waals surface area contributed by atoms with Gasteiger partial charge in [-0.05, 0) is 12.1 Å². The molecule has 2 unspecified atom stereocenters. The van der Waals surface area contributed by atoms with Gasteiger partial charge in [-0.3, -0.25) is 19.2 Å². The normalized spacial score (nSPS) is 26.1. The second-order valence-electron chi connectivity index (χ2n) is 6.38. The van der Waals surface area contributed by atoms with Crippen LogP contribution >= 0.6 is 0 Å². The number of hydrogen-bond acceptors (Lipinski definition) is 9. The van der Waals surface area contributed by atoms with E-state index in [9.17, 15) is 24.3 Å². The minimum absolute atomic E-state index is 0.298. The third kappa shape index (κ3) is 6.26. The highest BCUT2D eigenvalue weighted by Crippen LogP contribution is 2.26. The van der Waals surface area contributed by atoms with E-state index in [0.29, 0.717) is 5.56 Å². The highest BCUT2D eigenvalue weighted by molar-refractivity contribution is 5.94. The van der Waals surface area contributed by atoms with Crippen molar-refractivity contribution in [1.82, 2.24) is 5.32 Å². The first-order chi connectivity index (χ1) is 13.7. The molecule has 0 bridgehead atoms. The summed E-state index contributed by atoms with van der Waals surface area (Å²) >= 11 is 0. The molecule has 1 aromatic rings. The van der Waals surface area contributed by atoms with E-state index in [1.807, 2.05) is 0 Å². The van der Waals surface area contributed by atoms with Crippen LogP contribution in [0.5, 0.6) is 0 Å². The van der Waals surface area contributed by atoms with Crippen LogP contribution in [0.2, 0.25) is 0 Å². The summed E-state index contributed by atoms with van der Waals surface area (Å²) in [7, 11) is 0. The van der Waals surface area contributed by atoms with Crippen LogP contribution in [-0.2, 0) is 33.3 Å². The number of ether oxygens (including phenoxy) is 4. The van der Waals surface area contributed by atoms with Crippen LogP contribution in [-0.4, -0.2) is 66.2 Å². The zero-order chi connectivity index (χ0) is 21.6. The van der Waals surface area contributed by atoms with Crippen LogP contribution in [0.15, 0.2) is 30.3 Å². The maximum Gasteiger partial charge on any atom is 0.303 e. The van der Waals surface area contributed by atoms with E-state index in [2.05, 4.69) is 5.32 Å². The van der Waals surface area contributed by atoms with E-state index in [1.54, 1.807) is 30.3 Å². The molecule has 0 saturated carbocycles. The van der Waals surface area contributed by atoms with E-state index in [1.165, 1.54) is 6.92 Å². The first kappa shape index (κ1) is 22.3. The van der Waals surface area contributed by atoms with Gasteiger partial charge in [0.2, 0.25) is 0 Å². The van der Waals surface area contributed by atoms with E-state index >= 15 is 0 Å². The van der Waals surface area contributed by atoms with Crippen molar-refractivity contribution in [2.45, 2.75) is 51.4 Å². The molecule has 1 aliphatic rings. The van der Waals surface area contributed by atoms with Crippen LogP contribution in [0.1, 0.15) is 31.1 Å². The number of aliphatic hydroxyl groups is 1. The van der Waals surface area contributed by atoms with Gasteiger partial charge in [0.05, 0.1) is 0 Å². The Morgan fingerprint density at radius 2 is 1.55 bits per heavy atom. The Balaban J connectivity index is 2.30. The lowest BCUT2D eigenvalue weighted by molar-refractivity contribution is -0.263. The van der Waals surface area contributed by atoms with Gasteiger partial charge in [-0.15, -0.1) is 0 Å². The topological polar surface area (TPSA) is 137 Å². The van der Waals surface area contributed by atoms with E-state index in [-0.39, 0.29) is 6.61 Å². The molecule has 1 saturated heterocycles. The van der Waals surface area contributed by atoms with E-state index in [4.69, 9.17) is 18.9 Å². The quantitative estimate of drug-likeness (QED) is 0.488. The van der Waals surface area contributed by atoms with Gasteiger partial charge >= 0.3 is 17.9 Å². The van der Waals surface area contributed by atoms with Crippen molar-refractivity contribution >= 4 is 23.8 Å². The summed E-state index contributed by atoms with van der Waals surface area (Å²) in [6, 6.07) is 6.91. The van der Waals surface area contributed by atoms with E-state index in [0.717, 1.165) is 13.8 Å². The molecule has 1 heterocycles. The summed E-state index contributed by atoms with van der Waals surface area (Å²) in [5.74, 6) is -2.62. The van der Waals surface area contributed by atoms with Crippen LogP contribution in [0.25, 0.3) is 0 Å². The zero-order valence-electron chi connectivity index (χ0n) is 16.2. The number of nitrogens with one attached hydrogen (secondary N) is 1. The minimum Gasteiger partial charge on any atom is -0.463 e. The minimum atomic E-state index is -1.63. The Hall–Kier alpha value is -2.98. The van der Waals surface area contributed by atoms with Gasteiger partial charge in [-0.25, -0.2) is 0 Å². The second-order valence-corrected chi connectivity index (χ2v) is 6.38. The standard InChI is InChI=1S/C19H23NO9/c1-10(21)26-9-14-16(27-11(2)22)17(28-12(3)23)15(19(25)29-14)20-18(24)13-7-5-4-6-8-13/h4-8,14-17,19,25H,9H2,1-3H3,(H,20,24)/t14?,15-,16-,17-,19?/m1/s1. The van der Waals surface area contributed by atoms with Gasteiger partial charge in [-0.2, -0.15) is 0 Å². The number of carbonyl (C=O) groups is 4. The molecule has 0 radical (unpaired) electrons. The third-order valence-electron chi connectivity index (χ3n) is 4.05. The average molecular weight is 409 g/mol. The summed E-state index contributed by atoms with van der Waals surface area (Å²) < 4.78 is 20.8. The highest BCUT2D eigenvalue weighted by Gasteiger charge is 2.50. The van der Waals surface area contributed by atoms with Gasteiger partial charge in [0, 0.05) is 26.3 Å². The highest BCUT2D eigenvalue weighted by atomic mass is 16.7. The van der Waals surface area contributed by atoms with Crippen LogP contribution < -0.4 is 5.32 Å². The summed E-state index contributed by atoms with van der Waals surface area (Å²) in [5.41, 5.74) is 0.298. The van der Waals surface area contributed by atoms with Crippen molar-refractivity contribution in [3.63, 3.8) is 0 Å². The fourth-order valence-corrected chi connectivity index (χ4v) is 2.90. The van der Waals surface area contributed by atoms with Gasteiger partial charge in [0.25, 0.3) is 5.91 Å². The van der Waals surface area contributed by atoms with Gasteiger partial charge < -0.3 is 29.4 Å². The number of carbonyl (C=O) groups excluding carboxylic acids is 4. The molecular formula is C19H23NO9. The second kappa shape index (κ2) is 9.99. The van der Waals surface area contributed by atoms with Gasteiger partial charge in [-0.1, -0.05) is 18.2 Å². The molecular weight excluding hydrogens is 386 g/mol. The van der Waals surface area contributed by atoms with Crippen molar-refractivity contribution in [1.29, 1.82) is 0 Å². The molecule has 10 heteroatoms. The van der Waals surface area contributed by atoms with Gasteiger partial charge in [0.15, 0.2) is 18.5 Å². The predicted molar refractivity (Wildman–Crippen MR) is 96.3 cm³/mol. The van der Waals surface area contributed by atoms with Crippen molar-refractivity contribution < 1.29 is 43.2 Å². The number of amides is 1. The Morgan fingerprint density at radius 1 is 0.966 bits per heavy atom. The Kier molecular flexibility index (Phi) is 7.68. The molecule has 5 atom stereocenters. The molecule has 158 valence electrons. The molecule has 2 N–H and O–H groups in total. The van der Waals surface area contributed by atoms with Crippen molar-refractivity contribution in [2.24, 2.45) is 0 Å². The first-order valence-corrected chi connectivity index (χ1v) is 8.86. The zero-order valence-corrected chi connectivity index (χ0v) is 16.2. The van der Waals surface area contributed by atoms with Gasteiger partial charge in [0.1, 0.15) is 18.8 Å². The largest absolute Gasteiger partial charge is 0.463 e. The lowest BCUT2D eigenvalue weighted by Gasteiger charge is -2.43. The molecule has 1 fully saturated rings. The molecule has 10 nitrogen and oxygen atoms in total. The Labute approximate surface area is 167 Å². The first-order valence-electron chi connectivity index (χ1n) is 8.86. The lowest BCUT2D eigenvalue weighted by atomic mass is 9.96. The van der Waals surface area contributed by atoms with Crippen molar-refractivity contribution in [3.8, 4) is 0 Å². The Morgan fingerprint density at radius 3 is 2.10 bits per heavy atom. The molecule has 0 spiro atoms. The van der Waals surface area contributed by atoms with Crippen LogP contribution in [0.3, 0.4) is 0 Å². The summed E-state index contributed by atoms with van der Waals surface area (Å²) in [4.78, 5) is 46.9. The fourth-order valence-electron chi connectivity index (χ4n) is 2.90. The number of esters is 3. The number of benzene rings is 1. The molecule has 1 aromatic carbocycles. The monoisotopic (exact) mass is 409 g/mol. The molecule has 1 aliphatic heterocycles. The average Bonchev–Trinajstić information content (AvgIpc) is 2.65. The summed E-state index contributed by atoms with van der Waals surface area (Å²) in [6.07, 6.45) is -5.26. The maximum atomic E-state index is 12.5. The maximum absolute atomic E-state index is 12.5. The number of aliphatic hydroxyl groups excluding tert-OH is 1. The lowest BCUT2D eigenvalue weighted by Crippen LogP contribution is -2.66. The molecule has 0 aromatic heterocycles. The fraction of sp³-hybridized carbons (Fsp3) is 0.474. The number of hydrogen-bond donors (Lipinski definition) is 2. The Bertz CT molecular complexity index is 751. The summed E-state index contributed by atoms with van der Waals surface area (Å²) in [6.45, 7) is 3.08. The molecule has 1 amide bonds. The number of rotatable bonds is 6. The van der Waals surface area contributed by atoms with E-state index < -0.39 is 54.5 Å². The van der Waals surface area contributed by atoms with Crippen molar-refractivity contribution in [3.05, 3.63) is 35.9 Å². The van der Waals surface area contributed by atoms with Crippen molar-refractivity contribution in [2.75, 3.05) is 6.61 Å². The molecule has 29 heavy (non-hydrogen) atoms. The SMILES string of the molecule is CC(=O)OCC1OC(O)[C@H](NC(=O)c2ccccc2)[C@@H](OC(C)=O)[C@@H]1OC(C)=O. The molecule has 2 rings (SSSR count). The summed E-state index contributed by atoms with van der Waals surface area (Å²) in [5, 5.41) is 13.0. The predicted octanol–water partition coefficient (Wildman–Crippen LogP) is -0.0713. The van der Waals surface area contributed by atoms with Crippen LogP contribution in [0.4, 0.5) is 0 Å². The molecule has 0 aliphatic carbocycles.